The zero-order valence-electron chi connectivity index (χ0n) is 11.0. The molecular weight excluding hydrogens is 214 g/mol. The average molecular weight is 235 g/mol. The van der Waals surface area contributed by atoms with Crippen molar-refractivity contribution in [2.45, 2.75) is 46.4 Å². The number of rotatable bonds is 4. The summed E-state index contributed by atoms with van der Waals surface area (Å²) in [5, 5.41) is 0. The highest BCUT2D eigenvalue weighted by Crippen LogP contribution is 2.10. The highest BCUT2D eigenvalue weighted by Gasteiger charge is 2.19. The molecule has 0 spiro atoms. The third-order valence-electron chi connectivity index (χ3n) is 2.39. The summed E-state index contributed by atoms with van der Waals surface area (Å²) >= 11 is 0. The van der Waals surface area contributed by atoms with E-state index in [2.05, 4.69) is 0 Å². The van der Waals surface area contributed by atoms with Gasteiger partial charge < -0.3 is 9.64 Å². The molecule has 0 aromatic heterocycles. The van der Waals surface area contributed by atoms with E-state index >= 15 is 0 Å². The van der Waals surface area contributed by atoms with Crippen molar-refractivity contribution in [1.82, 2.24) is 4.90 Å². The molecule has 1 amide bonds. The summed E-state index contributed by atoms with van der Waals surface area (Å²) in [4.78, 5) is 13.6. The second-order valence-electron chi connectivity index (χ2n) is 4.64. The first-order valence-corrected chi connectivity index (χ1v) is 6.02. The highest BCUT2D eigenvalue weighted by molar-refractivity contribution is 5.68. The average Bonchev–Trinajstić information content (AvgIpc) is 2.25. The number of benzene rings is 1. The zero-order valence-corrected chi connectivity index (χ0v) is 11.0. The molecule has 0 saturated carbocycles. The van der Waals surface area contributed by atoms with Gasteiger partial charge in [0.1, 0.15) is 0 Å². The molecule has 0 bridgehead atoms. The van der Waals surface area contributed by atoms with Gasteiger partial charge in [-0.05, 0) is 33.3 Å². The predicted octanol–water partition coefficient (Wildman–Crippen LogP) is 3.44. The first-order chi connectivity index (χ1) is 8.00. The van der Waals surface area contributed by atoms with Crippen LogP contribution in [0.15, 0.2) is 30.3 Å². The second-order valence-corrected chi connectivity index (χ2v) is 4.64. The molecule has 3 heteroatoms. The molecule has 0 unspecified atom stereocenters. The lowest BCUT2D eigenvalue weighted by molar-refractivity contribution is 0.0652. The number of nitrogens with zero attached hydrogens (tertiary/aromatic N) is 1. The lowest BCUT2D eigenvalue weighted by atomic mass is 10.2. The Kier molecular flexibility index (Phi) is 5.01. The van der Waals surface area contributed by atoms with Gasteiger partial charge in [0.25, 0.3) is 0 Å². The Bertz CT molecular complexity index is 346. The fourth-order valence-electron chi connectivity index (χ4n) is 1.51. The predicted molar refractivity (Wildman–Crippen MR) is 68.7 cm³/mol. The topological polar surface area (TPSA) is 29.5 Å². The Balaban J connectivity index is 2.70. The van der Waals surface area contributed by atoms with Gasteiger partial charge in [0.2, 0.25) is 0 Å². The molecule has 3 nitrogen and oxygen atoms in total. The molecule has 0 aliphatic heterocycles. The number of ether oxygens (including phenoxy) is 1. The smallest absolute Gasteiger partial charge is 0.410 e. The third kappa shape index (κ3) is 4.47. The summed E-state index contributed by atoms with van der Waals surface area (Å²) in [5.41, 5.74) is 1.11. The normalized spacial score (nSPS) is 10.7. The molecule has 0 heterocycles. The van der Waals surface area contributed by atoms with Gasteiger partial charge in [0, 0.05) is 12.6 Å². The first-order valence-electron chi connectivity index (χ1n) is 6.02. The molecule has 0 aliphatic rings. The molecule has 1 rings (SSSR count). The van der Waals surface area contributed by atoms with E-state index in [-0.39, 0.29) is 18.2 Å². The van der Waals surface area contributed by atoms with Crippen molar-refractivity contribution in [2.24, 2.45) is 0 Å². The van der Waals surface area contributed by atoms with Crippen molar-refractivity contribution >= 4 is 6.09 Å². The Morgan fingerprint density at radius 2 is 1.76 bits per heavy atom. The molecule has 0 atom stereocenters. The summed E-state index contributed by atoms with van der Waals surface area (Å²) in [6.45, 7) is 8.29. The quantitative estimate of drug-likeness (QED) is 0.800. The molecule has 0 fully saturated rings. The van der Waals surface area contributed by atoms with E-state index in [4.69, 9.17) is 4.74 Å². The van der Waals surface area contributed by atoms with Crippen LogP contribution in [0.4, 0.5) is 4.79 Å². The Morgan fingerprint density at radius 3 is 2.24 bits per heavy atom. The van der Waals surface area contributed by atoms with E-state index in [1.54, 1.807) is 4.90 Å². The van der Waals surface area contributed by atoms with Crippen LogP contribution in [0.25, 0.3) is 0 Å². The van der Waals surface area contributed by atoms with Crippen molar-refractivity contribution in [3.63, 3.8) is 0 Å². The fourth-order valence-corrected chi connectivity index (χ4v) is 1.51. The monoisotopic (exact) mass is 235 g/mol. The lowest BCUT2D eigenvalue weighted by Gasteiger charge is -2.27. The molecule has 0 radical (unpaired) electrons. The second kappa shape index (κ2) is 6.28. The van der Waals surface area contributed by atoms with Gasteiger partial charge in [-0.25, -0.2) is 4.79 Å². The lowest BCUT2D eigenvalue weighted by Crippen LogP contribution is -2.37. The number of hydrogen-bond donors (Lipinski definition) is 0. The molecule has 0 aliphatic carbocycles. The fraction of sp³-hybridized carbons (Fsp3) is 0.500. The summed E-state index contributed by atoms with van der Waals surface area (Å²) in [7, 11) is 0. The van der Waals surface area contributed by atoms with Crippen LogP contribution in [0.3, 0.4) is 0 Å². The minimum Gasteiger partial charge on any atom is -0.447 e. The Labute approximate surface area is 103 Å². The van der Waals surface area contributed by atoms with Crippen LogP contribution in [0, 0.1) is 0 Å². The molecule has 0 N–H and O–H groups in total. The van der Waals surface area contributed by atoms with Crippen LogP contribution >= 0.6 is 0 Å². The number of carbonyl (C=O) groups is 1. The number of hydrogen-bond acceptors (Lipinski definition) is 2. The van der Waals surface area contributed by atoms with Gasteiger partial charge in [0.15, 0.2) is 0 Å². The Hall–Kier alpha value is -1.51. The van der Waals surface area contributed by atoms with Crippen LogP contribution in [0.1, 0.15) is 33.3 Å². The largest absolute Gasteiger partial charge is 0.447 e. The van der Waals surface area contributed by atoms with Gasteiger partial charge in [-0.3, -0.25) is 0 Å². The van der Waals surface area contributed by atoms with Crippen LogP contribution in [-0.2, 0) is 11.3 Å². The van der Waals surface area contributed by atoms with Crippen molar-refractivity contribution in [3.05, 3.63) is 35.9 Å². The maximum Gasteiger partial charge on any atom is 0.410 e. The SMILES string of the molecule is CC(C)OC(=O)N(Cc1ccccc1)C(C)C. The van der Waals surface area contributed by atoms with E-state index in [1.165, 1.54) is 0 Å². The zero-order chi connectivity index (χ0) is 12.8. The minimum atomic E-state index is -0.251. The van der Waals surface area contributed by atoms with Crippen molar-refractivity contribution in [3.8, 4) is 0 Å². The van der Waals surface area contributed by atoms with Crippen molar-refractivity contribution in [1.29, 1.82) is 0 Å². The number of amides is 1. The van der Waals surface area contributed by atoms with E-state index < -0.39 is 0 Å². The van der Waals surface area contributed by atoms with E-state index in [9.17, 15) is 4.79 Å². The summed E-state index contributed by atoms with van der Waals surface area (Å²) in [6.07, 6.45) is -0.335. The summed E-state index contributed by atoms with van der Waals surface area (Å²) < 4.78 is 5.23. The van der Waals surface area contributed by atoms with Crippen LogP contribution in [0.2, 0.25) is 0 Å². The molecule has 1 aromatic rings. The minimum absolute atomic E-state index is 0.0838. The molecular formula is C14H21NO2. The summed E-state index contributed by atoms with van der Waals surface area (Å²) in [6, 6.07) is 10.1. The third-order valence-corrected chi connectivity index (χ3v) is 2.39. The molecule has 94 valence electrons. The van der Waals surface area contributed by atoms with Gasteiger partial charge in [-0.1, -0.05) is 30.3 Å². The maximum atomic E-state index is 11.9. The highest BCUT2D eigenvalue weighted by atomic mass is 16.6. The Morgan fingerprint density at radius 1 is 1.18 bits per heavy atom. The van der Waals surface area contributed by atoms with Crippen molar-refractivity contribution in [2.75, 3.05) is 0 Å². The van der Waals surface area contributed by atoms with Crippen LogP contribution in [-0.4, -0.2) is 23.1 Å². The van der Waals surface area contributed by atoms with Gasteiger partial charge in [0.05, 0.1) is 6.10 Å². The van der Waals surface area contributed by atoms with Gasteiger partial charge in [-0.2, -0.15) is 0 Å². The maximum absolute atomic E-state index is 11.9. The van der Waals surface area contributed by atoms with Crippen LogP contribution in [0.5, 0.6) is 0 Å². The molecule has 1 aromatic carbocycles. The van der Waals surface area contributed by atoms with E-state index in [0.29, 0.717) is 6.54 Å². The molecule has 0 saturated heterocycles. The summed E-state index contributed by atoms with van der Waals surface area (Å²) in [5.74, 6) is 0. The molecule has 17 heavy (non-hydrogen) atoms. The van der Waals surface area contributed by atoms with Gasteiger partial charge >= 0.3 is 6.09 Å². The van der Waals surface area contributed by atoms with E-state index in [1.807, 2.05) is 58.0 Å². The number of carbonyl (C=O) groups excluding carboxylic acids is 1. The van der Waals surface area contributed by atoms with Crippen LogP contribution < -0.4 is 0 Å². The van der Waals surface area contributed by atoms with E-state index in [0.717, 1.165) is 5.56 Å². The standard InChI is InChI=1S/C14H21NO2/c1-11(2)15(14(16)17-12(3)4)10-13-8-6-5-7-9-13/h5-9,11-12H,10H2,1-4H3. The van der Waals surface area contributed by atoms with Crippen molar-refractivity contribution < 1.29 is 9.53 Å². The van der Waals surface area contributed by atoms with Gasteiger partial charge in [-0.15, -0.1) is 0 Å². The first kappa shape index (κ1) is 13.6.